The lowest BCUT2D eigenvalue weighted by atomic mass is 9.80. The van der Waals surface area contributed by atoms with Crippen molar-refractivity contribution in [2.24, 2.45) is 17.8 Å². The molecule has 1 aromatic carbocycles. The summed E-state index contributed by atoms with van der Waals surface area (Å²) in [5.74, 6) is 2.56. The van der Waals surface area contributed by atoms with Gasteiger partial charge in [-0.3, -0.25) is 0 Å². The minimum atomic E-state index is -1.27. The van der Waals surface area contributed by atoms with E-state index < -0.39 is 15.1 Å². The third-order valence-electron chi connectivity index (χ3n) is 7.41. The van der Waals surface area contributed by atoms with Gasteiger partial charge in [-0.15, -0.1) is 0 Å². The van der Waals surface area contributed by atoms with Gasteiger partial charge in [0.25, 0.3) is 0 Å². The number of hydrogen-bond donors (Lipinski definition) is 2. The molecule has 1 amide bonds. The number of benzene rings is 1. The van der Waals surface area contributed by atoms with Crippen molar-refractivity contribution < 1.29 is 28.8 Å². The molecule has 1 fully saturated rings. The van der Waals surface area contributed by atoms with Crippen LogP contribution < -0.4 is 14.8 Å². The Morgan fingerprint density at radius 3 is 2.50 bits per heavy atom. The van der Waals surface area contributed by atoms with Crippen molar-refractivity contribution in [1.29, 1.82) is 0 Å². The van der Waals surface area contributed by atoms with Crippen molar-refractivity contribution in [2.75, 3.05) is 47.1 Å². The first kappa shape index (κ1) is 32.5. The minimum absolute atomic E-state index is 0.0548. The zero-order valence-corrected chi connectivity index (χ0v) is 25.9. The molecular formula is C28H51BN2O6Si. The molecule has 0 saturated carbocycles. The molecular weight excluding hydrogens is 499 g/mol. The molecule has 0 aromatic heterocycles. The van der Waals surface area contributed by atoms with Gasteiger partial charge >= 0.3 is 13.1 Å². The molecule has 0 radical (unpaired) electrons. The van der Waals surface area contributed by atoms with Gasteiger partial charge in [-0.2, -0.15) is 0 Å². The Balaban J connectivity index is 2.08. The maximum absolute atomic E-state index is 12.6. The molecule has 216 valence electrons. The van der Waals surface area contributed by atoms with Gasteiger partial charge in [0.15, 0.2) is 11.5 Å². The summed E-state index contributed by atoms with van der Waals surface area (Å²) < 4.78 is 22.2. The molecule has 0 aliphatic carbocycles. The van der Waals surface area contributed by atoms with Crippen molar-refractivity contribution >= 4 is 21.2 Å². The molecule has 1 aliphatic rings. The Morgan fingerprint density at radius 2 is 1.89 bits per heavy atom. The summed E-state index contributed by atoms with van der Waals surface area (Å²) in [6, 6.07) is 7.07. The smallest absolute Gasteiger partial charge is 0.407 e. The maximum atomic E-state index is 12.6. The van der Waals surface area contributed by atoms with Gasteiger partial charge in [-0.25, -0.2) is 4.79 Å². The van der Waals surface area contributed by atoms with E-state index in [0.29, 0.717) is 38.2 Å². The van der Waals surface area contributed by atoms with Crippen molar-refractivity contribution in [3.05, 3.63) is 23.8 Å². The molecule has 1 aliphatic heterocycles. The highest BCUT2D eigenvalue weighted by atomic mass is 28.3. The third kappa shape index (κ3) is 11.2. The zero-order chi connectivity index (χ0) is 28.3. The third-order valence-corrected chi connectivity index (χ3v) is 9.11. The van der Waals surface area contributed by atoms with Crippen LogP contribution in [0.15, 0.2) is 18.2 Å². The van der Waals surface area contributed by atoms with Gasteiger partial charge in [0, 0.05) is 40.8 Å². The molecule has 0 spiro atoms. The van der Waals surface area contributed by atoms with Crippen LogP contribution in [0.1, 0.15) is 32.3 Å². The van der Waals surface area contributed by atoms with E-state index in [1.54, 1.807) is 21.0 Å². The van der Waals surface area contributed by atoms with Crippen LogP contribution in [0, 0.1) is 17.8 Å². The van der Waals surface area contributed by atoms with Crippen LogP contribution in [-0.2, 0) is 15.9 Å². The van der Waals surface area contributed by atoms with Crippen LogP contribution in [0.5, 0.6) is 11.5 Å². The maximum Gasteiger partial charge on any atom is 0.407 e. The Labute approximate surface area is 231 Å². The van der Waals surface area contributed by atoms with Gasteiger partial charge in [0.05, 0.1) is 20.3 Å². The summed E-state index contributed by atoms with van der Waals surface area (Å²) in [5.41, 5.74) is 1.20. The minimum Gasteiger partial charge on any atom is -0.493 e. The highest BCUT2D eigenvalue weighted by Gasteiger charge is 2.38. The first-order valence-electron chi connectivity index (χ1n) is 14.1. The van der Waals surface area contributed by atoms with E-state index in [2.05, 4.69) is 50.9 Å². The number of rotatable bonds is 16. The van der Waals surface area contributed by atoms with Crippen LogP contribution in [0.2, 0.25) is 32.5 Å². The Bertz CT molecular complexity index is 851. The SMILES string of the molecule is COCCCOc1cc(C[C@@H](C[C@@H]2CN(B(C)O)C[C@H]2NC(=O)OCC[Si](C)(C)C)C(C)C)ccc1OC. The first-order chi connectivity index (χ1) is 17.9. The van der Waals surface area contributed by atoms with Crippen molar-refractivity contribution in [1.82, 2.24) is 10.1 Å². The molecule has 1 aromatic rings. The quantitative estimate of drug-likeness (QED) is 0.226. The largest absolute Gasteiger partial charge is 0.493 e. The van der Waals surface area contributed by atoms with E-state index >= 15 is 0 Å². The predicted molar refractivity (Wildman–Crippen MR) is 157 cm³/mol. The standard InChI is InChI=1S/C28H51BN2O6Si/c1-21(2)23(16-22-10-11-26(35-5)27(17-22)36-13-9-12-34-4)18-24-19-31(29(3)33)20-25(24)30-28(32)37-14-15-38(6,7)8/h10-11,17,21,23-25,33H,9,12-16,18-20H2,1-8H3,(H,30,32)/t23-,24+,25+/m0/s1. The number of methoxy groups -OCH3 is 2. The molecule has 2 rings (SSSR count). The molecule has 8 nitrogen and oxygen atoms in total. The highest BCUT2D eigenvalue weighted by Crippen LogP contribution is 2.34. The molecule has 0 bridgehead atoms. The molecule has 2 N–H and O–H groups in total. The summed E-state index contributed by atoms with van der Waals surface area (Å²) in [4.78, 5) is 14.6. The Morgan fingerprint density at radius 1 is 1.16 bits per heavy atom. The van der Waals surface area contributed by atoms with Gasteiger partial charge in [0.2, 0.25) is 0 Å². The van der Waals surface area contributed by atoms with Gasteiger partial charge in [-0.05, 0) is 67.7 Å². The number of nitrogens with one attached hydrogen (secondary N) is 1. The average Bonchev–Trinajstić information content (AvgIpc) is 3.23. The molecule has 1 saturated heterocycles. The number of carbonyl (C=O) groups excluding carboxylic acids is 1. The van der Waals surface area contributed by atoms with Crippen LogP contribution >= 0.6 is 0 Å². The lowest BCUT2D eigenvalue weighted by Gasteiger charge is -2.28. The average molecular weight is 551 g/mol. The number of amides is 1. The van der Waals surface area contributed by atoms with E-state index in [-0.39, 0.29) is 18.1 Å². The topological polar surface area (TPSA) is 89.5 Å². The molecule has 1 heterocycles. The van der Waals surface area contributed by atoms with Gasteiger partial charge < -0.3 is 34.1 Å². The lowest BCUT2D eigenvalue weighted by molar-refractivity contribution is 0.144. The van der Waals surface area contributed by atoms with Crippen molar-refractivity contribution in [2.45, 2.75) is 71.7 Å². The summed E-state index contributed by atoms with van der Waals surface area (Å²) in [7, 11) is 1.53. The van der Waals surface area contributed by atoms with E-state index in [9.17, 15) is 9.82 Å². The van der Waals surface area contributed by atoms with E-state index in [0.717, 1.165) is 43.4 Å². The second kappa shape index (κ2) is 15.7. The summed E-state index contributed by atoms with van der Waals surface area (Å²) in [6.45, 7) is 16.2. The monoisotopic (exact) mass is 550 g/mol. The number of carbonyl (C=O) groups is 1. The number of alkyl carbamates (subject to hydrolysis) is 1. The predicted octanol–water partition coefficient (Wildman–Crippen LogP) is 4.79. The normalized spacial score (nSPS) is 18.9. The van der Waals surface area contributed by atoms with Gasteiger partial charge in [0.1, 0.15) is 0 Å². The van der Waals surface area contributed by atoms with Crippen LogP contribution in [0.3, 0.4) is 0 Å². The van der Waals surface area contributed by atoms with E-state index in [1.807, 2.05) is 10.9 Å². The summed E-state index contributed by atoms with van der Waals surface area (Å²) in [5, 5.41) is 13.4. The first-order valence-corrected chi connectivity index (χ1v) is 17.8. The fourth-order valence-corrected chi connectivity index (χ4v) is 5.60. The van der Waals surface area contributed by atoms with Crippen molar-refractivity contribution in [3.63, 3.8) is 0 Å². The second-order valence-electron chi connectivity index (χ2n) is 12.2. The molecule has 0 unspecified atom stereocenters. The van der Waals surface area contributed by atoms with Crippen LogP contribution in [0.4, 0.5) is 4.79 Å². The second-order valence-corrected chi connectivity index (χ2v) is 17.8. The molecule has 3 atom stereocenters. The fourth-order valence-electron chi connectivity index (χ4n) is 4.88. The van der Waals surface area contributed by atoms with Crippen molar-refractivity contribution in [3.8, 4) is 11.5 Å². The summed E-state index contributed by atoms with van der Waals surface area (Å²) in [6.07, 6.45) is 2.30. The number of ether oxygens (including phenoxy) is 4. The van der Waals surface area contributed by atoms with E-state index in [1.165, 1.54) is 5.56 Å². The highest BCUT2D eigenvalue weighted by molar-refractivity contribution is 6.76. The van der Waals surface area contributed by atoms with Crippen LogP contribution in [-0.4, -0.2) is 84.2 Å². The van der Waals surface area contributed by atoms with Gasteiger partial charge in [-0.1, -0.05) is 39.6 Å². The zero-order valence-electron chi connectivity index (χ0n) is 24.9. The fraction of sp³-hybridized carbons (Fsp3) is 0.750. The van der Waals surface area contributed by atoms with E-state index in [4.69, 9.17) is 18.9 Å². The summed E-state index contributed by atoms with van der Waals surface area (Å²) >= 11 is 0. The number of hydrogen-bond acceptors (Lipinski definition) is 7. The number of nitrogens with zero attached hydrogens (tertiary/aromatic N) is 1. The van der Waals surface area contributed by atoms with Crippen LogP contribution in [0.25, 0.3) is 0 Å². The lowest BCUT2D eigenvalue weighted by Crippen LogP contribution is -2.43. The molecule has 38 heavy (non-hydrogen) atoms. The Kier molecular flexibility index (Phi) is 13.5. The Hall–Kier alpha value is -1.75. The molecule has 10 heteroatoms.